The highest BCUT2D eigenvalue weighted by Crippen LogP contribution is 2.19. The van der Waals surface area contributed by atoms with Gasteiger partial charge in [0.1, 0.15) is 0 Å². The van der Waals surface area contributed by atoms with Gasteiger partial charge in [-0.3, -0.25) is 0 Å². The molecule has 2 N–H and O–H groups in total. The summed E-state index contributed by atoms with van der Waals surface area (Å²) in [6.07, 6.45) is 3.57. The van der Waals surface area contributed by atoms with E-state index >= 15 is 0 Å². The van der Waals surface area contributed by atoms with Crippen molar-refractivity contribution < 1.29 is 13.5 Å². The fourth-order valence-electron chi connectivity index (χ4n) is 2.65. The van der Waals surface area contributed by atoms with E-state index < -0.39 is 22.2 Å². The SMILES string of the molecule is N#Cc1cccc(CS(=O)(=O)NC2CCCCCC2O)c1. The number of aliphatic hydroxyl groups excluding tert-OH is 1. The standard InChI is InChI=1S/C15H20N2O3S/c16-10-12-5-4-6-13(9-12)11-21(19,20)17-14-7-2-1-3-8-15(14)18/h4-6,9,14-15,17-18H,1-3,7-8,11H2. The second-order valence-corrected chi connectivity index (χ2v) is 7.25. The molecular weight excluding hydrogens is 288 g/mol. The predicted molar refractivity (Wildman–Crippen MR) is 79.8 cm³/mol. The third-order valence-electron chi connectivity index (χ3n) is 3.72. The lowest BCUT2D eigenvalue weighted by Crippen LogP contribution is -2.43. The predicted octanol–water partition coefficient (Wildman–Crippen LogP) is 1.67. The molecule has 2 unspecified atom stereocenters. The summed E-state index contributed by atoms with van der Waals surface area (Å²) in [5, 5.41) is 18.8. The Kier molecular flexibility index (Phi) is 5.34. The summed E-state index contributed by atoms with van der Waals surface area (Å²) < 4.78 is 27.1. The van der Waals surface area contributed by atoms with Gasteiger partial charge in [0.25, 0.3) is 0 Å². The number of rotatable bonds is 4. The zero-order chi connectivity index (χ0) is 15.3. The molecule has 6 heteroatoms. The minimum absolute atomic E-state index is 0.175. The van der Waals surface area contributed by atoms with Crippen molar-refractivity contribution in [1.29, 1.82) is 5.26 Å². The molecule has 21 heavy (non-hydrogen) atoms. The van der Waals surface area contributed by atoms with Crippen LogP contribution < -0.4 is 4.72 Å². The lowest BCUT2D eigenvalue weighted by atomic mass is 10.1. The first-order valence-electron chi connectivity index (χ1n) is 7.17. The van der Waals surface area contributed by atoms with Gasteiger partial charge in [-0.1, -0.05) is 31.4 Å². The highest BCUT2D eigenvalue weighted by molar-refractivity contribution is 7.88. The fraction of sp³-hybridized carbons (Fsp3) is 0.533. The van der Waals surface area contributed by atoms with E-state index in [1.807, 2.05) is 6.07 Å². The van der Waals surface area contributed by atoms with E-state index in [1.165, 1.54) is 0 Å². The second-order valence-electron chi connectivity index (χ2n) is 5.50. The molecule has 1 aromatic rings. The smallest absolute Gasteiger partial charge is 0.216 e. The molecule has 0 spiro atoms. The van der Waals surface area contributed by atoms with Gasteiger partial charge in [0, 0.05) is 6.04 Å². The Bertz CT molecular complexity index is 622. The maximum Gasteiger partial charge on any atom is 0.216 e. The third-order valence-corrected chi connectivity index (χ3v) is 5.10. The van der Waals surface area contributed by atoms with Crippen molar-refractivity contribution in [2.24, 2.45) is 0 Å². The quantitative estimate of drug-likeness (QED) is 0.828. The van der Waals surface area contributed by atoms with Gasteiger partial charge < -0.3 is 5.11 Å². The minimum atomic E-state index is -3.53. The van der Waals surface area contributed by atoms with E-state index in [-0.39, 0.29) is 5.75 Å². The summed E-state index contributed by atoms with van der Waals surface area (Å²) in [6, 6.07) is 8.15. The average molecular weight is 308 g/mol. The Morgan fingerprint density at radius 1 is 1.29 bits per heavy atom. The lowest BCUT2D eigenvalue weighted by molar-refractivity contribution is 0.130. The summed E-state index contributed by atoms with van der Waals surface area (Å²) in [5.41, 5.74) is 1.02. The van der Waals surface area contributed by atoms with Crippen molar-refractivity contribution in [3.05, 3.63) is 35.4 Å². The van der Waals surface area contributed by atoms with E-state index in [1.54, 1.807) is 24.3 Å². The van der Waals surface area contributed by atoms with Crippen molar-refractivity contribution in [3.8, 4) is 6.07 Å². The molecule has 2 atom stereocenters. The molecule has 0 radical (unpaired) electrons. The molecule has 0 aliphatic heterocycles. The Hall–Kier alpha value is -1.42. The van der Waals surface area contributed by atoms with Gasteiger partial charge >= 0.3 is 0 Å². The van der Waals surface area contributed by atoms with Crippen LogP contribution in [0.1, 0.15) is 43.2 Å². The Morgan fingerprint density at radius 2 is 2.05 bits per heavy atom. The van der Waals surface area contributed by atoms with Crippen LogP contribution in [0.5, 0.6) is 0 Å². The summed E-state index contributed by atoms with van der Waals surface area (Å²) in [7, 11) is -3.53. The maximum atomic E-state index is 12.2. The van der Waals surface area contributed by atoms with Crippen LogP contribution in [0.4, 0.5) is 0 Å². The van der Waals surface area contributed by atoms with E-state index in [0.29, 0.717) is 24.0 Å². The van der Waals surface area contributed by atoms with Crippen molar-refractivity contribution in [3.63, 3.8) is 0 Å². The molecule has 1 fully saturated rings. The zero-order valence-corrected chi connectivity index (χ0v) is 12.6. The molecule has 5 nitrogen and oxygen atoms in total. The van der Waals surface area contributed by atoms with Gasteiger partial charge in [0.2, 0.25) is 10.0 Å². The number of nitrogens with one attached hydrogen (secondary N) is 1. The van der Waals surface area contributed by atoms with Gasteiger partial charge in [-0.05, 0) is 30.5 Å². The first-order chi connectivity index (χ1) is 10.00. The zero-order valence-electron chi connectivity index (χ0n) is 11.8. The average Bonchev–Trinajstić information content (AvgIpc) is 2.63. The van der Waals surface area contributed by atoms with Gasteiger partial charge in [0.05, 0.1) is 23.5 Å². The number of sulfonamides is 1. The Balaban J connectivity index is 2.05. The van der Waals surface area contributed by atoms with E-state index in [9.17, 15) is 13.5 Å². The number of nitrogens with zero attached hydrogens (tertiary/aromatic N) is 1. The van der Waals surface area contributed by atoms with Gasteiger partial charge in [-0.15, -0.1) is 0 Å². The first kappa shape index (κ1) is 16.0. The minimum Gasteiger partial charge on any atom is -0.391 e. The molecule has 2 rings (SSSR count). The summed E-state index contributed by atoms with van der Waals surface area (Å²) in [6.45, 7) is 0. The van der Waals surface area contributed by atoms with E-state index in [0.717, 1.165) is 19.3 Å². The fourth-order valence-corrected chi connectivity index (χ4v) is 4.09. The van der Waals surface area contributed by atoms with E-state index in [4.69, 9.17) is 5.26 Å². The topological polar surface area (TPSA) is 90.2 Å². The van der Waals surface area contributed by atoms with Crippen LogP contribution in [0.3, 0.4) is 0 Å². The number of hydrogen-bond acceptors (Lipinski definition) is 4. The van der Waals surface area contributed by atoms with Crippen LogP contribution in [-0.2, 0) is 15.8 Å². The van der Waals surface area contributed by atoms with Gasteiger partial charge in [-0.2, -0.15) is 5.26 Å². The van der Waals surface area contributed by atoms with Crippen LogP contribution in [0.2, 0.25) is 0 Å². The van der Waals surface area contributed by atoms with Crippen molar-refractivity contribution in [2.75, 3.05) is 0 Å². The molecule has 0 bridgehead atoms. The van der Waals surface area contributed by atoms with Crippen molar-refractivity contribution in [1.82, 2.24) is 4.72 Å². The van der Waals surface area contributed by atoms with Crippen LogP contribution >= 0.6 is 0 Å². The second kappa shape index (κ2) is 7.03. The van der Waals surface area contributed by atoms with Crippen molar-refractivity contribution in [2.45, 2.75) is 50.0 Å². The number of aliphatic hydroxyl groups is 1. The molecule has 0 heterocycles. The van der Waals surface area contributed by atoms with Crippen LogP contribution in [0.25, 0.3) is 0 Å². The summed E-state index contributed by atoms with van der Waals surface area (Å²) in [4.78, 5) is 0. The molecule has 1 saturated carbocycles. The summed E-state index contributed by atoms with van der Waals surface area (Å²) >= 11 is 0. The number of benzene rings is 1. The number of nitriles is 1. The highest BCUT2D eigenvalue weighted by Gasteiger charge is 2.26. The molecule has 0 saturated heterocycles. The molecule has 0 aromatic heterocycles. The normalized spacial score (nSPS) is 23.2. The van der Waals surface area contributed by atoms with E-state index in [2.05, 4.69) is 4.72 Å². The number of hydrogen-bond donors (Lipinski definition) is 2. The van der Waals surface area contributed by atoms with Crippen LogP contribution in [0, 0.1) is 11.3 Å². The van der Waals surface area contributed by atoms with Gasteiger partial charge in [-0.25, -0.2) is 13.1 Å². The largest absolute Gasteiger partial charge is 0.391 e. The highest BCUT2D eigenvalue weighted by atomic mass is 32.2. The van der Waals surface area contributed by atoms with Gasteiger partial charge in [0.15, 0.2) is 0 Å². The van der Waals surface area contributed by atoms with Crippen LogP contribution in [0.15, 0.2) is 24.3 Å². The first-order valence-corrected chi connectivity index (χ1v) is 8.82. The molecule has 114 valence electrons. The summed E-state index contributed by atoms with van der Waals surface area (Å²) in [5.74, 6) is -0.175. The third kappa shape index (κ3) is 4.81. The van der Waals surface area contributed by atoms with Crippen molar-refractivity contribution >= 4 is 10.0 Å². The van der Waals surface area contributed by atoms with Crippen LogP contribution in [-0.4, -0.2) is 25.7 Å². The molecule has 1 aliphatic rings. The maximum absolute atomic E-state index is 12.2. The monoisotopic (exact) mass is 308 g/mol. The molecule has 1 aromatic carbocycles. The Morgan fingerprint density at radius 3 is 2.81 bits per heavy atom. The molecule has 0 amide bonds. The lowest BCUT2D eigenvalue weighted by Gasteiger charge is -2.21. The Labute approximate surface area is 125 Å². The molecule has 1 aliphatic carbocycles. The molecular formula is C15H20N2O3S.